The fourth-order valence-corrected chi connectivity index (χ4v) is 1.52. The van der Waals surface area contributed by atoms with Crippen LogP contribution in [0.1, 0.15) is 17.5 Å². The minimum atomic E-state index is -0.275. The molecule has 0 atom stereocenters. The van der Waals surface area contributed by atoms with E-state index in [1.807, 2.05) is 11.9 Å². The predicted molar refractivity (Wildman–Crippen MR) is 68.9 cm³/mol. The van der Waals surface area contributed by atoms with E-state index in [0.29, 0.717) is 30.6 Å². The highest BCUT2D eigenvalue weighted by Gasteiger charge is 2.06. The Morgan fingerprint density at radius 1 is 1.44 bits per heavy atom. The summed E-state index contributed by atoms with van der Waals surface area (Å²) in [5.41, 5.74) is 6.49. The molecule has 0 amide bonds. The normalized spacial score (nSPS) is 9.72. The van der Waals surface area contributed by atoms with Crippen LogP contribution in [0.4, 0.5) is 4.39 Å². The molecule has 3 nitrogen and oxygen atoms in total. The molecule has 0 heterocycles. The molecule has 0 aliphatic heterocycles. The van der Waals surface area contributed by atoms with E-state index >= 15 is 0 Å². The Balaban J connectivity index is 2.71. The molecular weight excluding hydrogens is 229 g/mol. The van der Waals surface area contributed by atoms with Crippen LogP contribution in [0, 0.1) is 29.0 Å². The molecule has 1 aromatic carbocycles. The summed E-state index contributed by atoms with van der Waals surface area (Å²) in [6.45, 7) is 1.38. The SMILES string of the molecule is CN(CCC#N)Cc1ccc(C#CCN)cc1F. The highest BCUT2D eigenvalue weighted by molar-refractivity contribution is 5.37. The van der Waals surface area contributed by atoms with Crippen LogP contribution in [-0.4, -0.2) is 25.0 Å². The van der Waals surface area contributed by atoms with E-state index in [2.05, 4.69) is 17.9 Å². The minimum absolute atomic E-state index is 0.264. The number of nitrogens with two attached hydrogens (primary N) is 1. The van der Waals surface area contributed by atoms with Crippen molar-refractivity contribution in [1.82, 2.24) is 4.90 Å². The van der Waals surface area contributed by atoms with E-state index in [9.17, 15) is 4.39 Å². The zero-order chi connectivity index (χ0) is 13.4. The average Bonchev–Trinajstić information content (AvgIpc) is 2.36. The monoisotopic (exact) mass is 245 g/mol. The Bertz CT molecular complexity index is 494. The Labute approximate surface area is 107 Å². The maximum Gasteiger partial charge on any atom is 0.128 e. The van der Waals surface area contributed by atoms with E-state index in [1.165, 1.54) is 6.07 Å². The molecular formula is C14H16FN3. The molecule has 0 saturated heterocycles. The third kappa shape index (κ3) is 4.55. The molecule has 0 radical (unpaired) electrons. The Hall–Kier alpha value is -1.88. The summed E-state index contributed by atoms with van der Waals surface area (Å²) in [5.74, 6) is 5.20. The van der Waals surface area contributed by atoms with Crippen molar-refractivity contribution in [2.45, 2.75) is 13.0 Å². The van der Waals surface area contributed by atoms with Crippen LogP contribution < -0.4 is 5.73 Å². The smallest absolute Gasteiger partial charge is 0.128 e. The molecule has 0 bridgehead atoms. The molecule has 0 aliphatic rings. The number of rotatable bonds is 4. The van der Waals surface area contributed by atoms with Gasteiger partial charge in [-0.2, -0.15) is 5.26 Å². The van der Waals surface area contributed by atoms with Crippen LogP contribution in [0.3, 0.4) is 0 Å². The lowest BCUT2D eigenvalue weighted by molar-refractivity contribution is 0.329. The van der Waals surface area contributed by atoms with Crippen molar-refractivity contribution < 1.29 is 4.39 Å². The van der Waals surface area contributed by atoms with Crippen LogP contribution in [-0.2, 0) is 6.54 Å². The summed E-state index contributed by atoms with van der Waals surface area (Å²) in [4.78, 5) is 1.91. The van der Waals surface area contributed by atoms with Gasteiger partial charge < -0.3 is 10.6 Å². The second kappa shape index (κ2) is 7.45. The Morgan fingerprint density at radius 2 is 2.22 bits per heavy atom. The standard InChI is InChI=1S/C14H16FN3/c1-18(9-3-8-17)11-13-6-5-12(4-2-7-16)10-14(13)15/h5-6,10H,3,7,9,11,16H2,1H3. The second-order valence-electron chi connectivity index (χ2n) is 3.96. The third-order valence-corrected chi connectivity index (χ3v) is 2.43. The van der Waals surface area contributed by atoms with Crippen molar-refractivity contribution in [3.8, 4) is 17.9 Å². The third-order valence-electron chi connectivity index (χ3n) is 2.43. The summed E-state index contributed by atoms with van der Waals surface area (Å²) in [6, 6.07) is 6.98. The van der Waals surface area contributed by atoms with Crippen molar-refractivity contribution in [2.75, 3.05) is 20.1 Å². The van der Waals surface area contributed by atoms with Crippen LogP contribution in [0.15, 0.2) is 18.2 Å². The van der Waals surface area contributed by atoms with Crippen LogP contribution in [0.5, 0.6) is 0 Å². The van der Waals surface area contributed by atoms with Gasteiger partial charge in [-0.15, -0.1) is 0 Å². The maximum atomic E-state index is 13.8. The van der Waals surface area contributed by atoms with Crippen LogP contribution in [0.25, 0.3) is 0 Å². The lowest BCUT2D eigenvalue weighted by atomic mass is 10.1. The number of hydrogen-bond donors (Lipinski definition) is 1. The topological polar surface area (TPSA) is 53.0 Å². The quantitative estimate of drug-likeness (QED) is 0.817. The highest BCUT2D eigenvalue weighted by atomic mass is 19.1. The van der Waals surface area contributed by atoms with Gasteiger partial charge in [-0.25, -0.2) is 4.39 Å². The van der Waals surface area contributed by atoms with Crippen molar-refractivity contribution in [2.24, 2.45) is 5.73 Å². The molecule has 2 N–H and O–H groups in total. The molecule has 4 heteroatoms. The number of nitriles is 1. The first kappa shape index (κ1) is 14.2. The van der Waals surface area contributed by atoms with Gasteiger partial charge in [0, 0.05) is 30.6 Å². The summed E-state index contributed by atoms with van der Waals surface area (Å²) >= 11 is 0. The molecule has 1 aromatic rings. The predicted octanol–water partition coefficient (Wildman–Crippen LogP) is 1.48. The zero-order valence-corrected chi connectivity index (χ0v) is 10.4. The summed E-state index contributed by atoms with van der Waals surface area (Å²) in [5, 5.41) is 8.48. The number of nitrogens with zero attached hydrogens (tertiary/aromatic N) is 2. The van der Waals surface area contributed by atoms with Gasteiger partial charge in [-0.05, 0) is 19.2 Å². The van der Waals surface area contributed by atoms with Crippen molar-refractivity contribution in [3.05, 3.63) is 35.1 Å². The fraction of sp³-hybridized carbons (Fsp3) is 0.357. The summed E-state index contributed by atoms with van der Waals surface area (Å²) in [6.07, 6.45) is 0.443. The van der Waals surface area contributed by atoms with E-state index in [0.717, 1.165) is 0 Å². The van der Waals surface area contributed by atoms with Crippen LogP contribution >= 0.6 is 0 Å². The van der Waals surface area contributed by atoms with Gasteiger partial charge in [0.25, 0.3) is 0 Å². The minimum Gasteiger partial charge on any atom is -0.320 e. The summed E-state index contributed by atoms with van der Waals surface area (Å²) in [7, 11) is 1.86. The molecule has 0 aromatic heterocycles. The molecule has 0 saturated carbocycles. The largest absolute Gasteiger partial charge is 0.320 e. The molecule has 0 unspecified atom stereocenters. The van der Waals surface area contributed by atoms with E-state index < -0.39 is 0 Å². The number of hydrogen-bond acceptors (Lipinski definition) is 3. The first-order valence-corrected chi connectivity index (χ1v) is 5.70. The average molecular weight is 245 g/mol. The van der Waals surface area contributed by atoms with E-state index in [-0.39, 0.29) is 12.4 Å². The fourth-order valence-electron chi connectivity index (χ4n) is 1.52. The first-order chi connectivity index (χ1) is 8.67. The highest BCUT2D eigenvalue weighted by Crippen LogP contribution is 2.12. The molecule has 94 valence electrons. The Morgan fingerprint density at radius 3 is 2.83 bits per heavy atom. The van der Waals surface area contributed by atoms with Gasteiger partial charge in [0.1, 0.15) is 5.82 Å². The molecule has 0 aliphatic carbocycles. The second-order valence-corrected chi connectivity index (χ2v) is 3.96. The molecule has 0 spiro atoms. The lowest BCUT2D eigenvalue weighted by Gasteiger charge is -2.15. The van der Waals surface area contributed by atoms with Crippen LogP contribution in [0.2, 0.25) is 0 Å². The van der Waals surface area contributed by atoms with Gasteiger partial charge in [0.15, 0.2) is 0 Å². The van der Waals surface area contributed by atoms with E-state index in [1.54, 1.807) is 12.1 Å². The number of halogens is 1. The molecule has 1 rings (SSSR count). The van der Waals surface area contributed by atoms with Crippen molar-refractivity contribution in [3.63, 3.8) is 0 Å². The zero-order valence-electron chi connectivity index (χ0n) is 10.4. The maximum absolute atomic E-state index is 13.8. The van der Waals surface area contributed by atoms with Gasteiger partial charge in [-0.3, -0.25) is 0 Å². The molecule has 0 fully saturated rings. The number of benzene rings is 1. The van der Waals surface area contributed by atoms with Gasteiger partial charge in [0.2, 0.25) is 0 Å². The first-order valence-electron chi connectivity index (χ1n) is 5.70. The lowest BCUT2D eigenvalue weighted by Crippen LogP contribution is -2.19. The van der Waals surface area contributed by atoms with Crippen molar-refractivity contribution in [1.29, 1.82) is 5.26 Å². The van der Waals surface area contributed by atoms with Gasteiger partial charge >= 0.3 is 0 Å². The Kier molecular flexibility index (Phi) is 5.87. The van der Waals surface area contributed by atoms with Gasteiger partial charge in [0.05, 0.1) is 12.6 Å². The molecule has 18 heavy (non-hydrogen) atoms. The van der Waals surface area contributed by atoms with E-state index in [4.69, 9.17) is 11.0 Å². The van der Waals surface area contributed by atoms with Crippen molar-refractivity contribution >= 4 is 0 Å². The van der Waals surface area contributed by atoms with Gasteiger partial charge in [-0.1, -0.05) is 17.9 Å². The summed E-state index contributed by atoms with van der Waals surface area (Å²) < 4.78 is 13.8.